The average Bonchev–Trinajstić information content (AvgIpc) is 3.55. The zero-order chi connectivity index (χ0) is 27.5. The minimum absolute atomic E-state index is 0.0136. The van der Waals surface area contributed by atoms with Gasteiger partial charge < -0.3 is 10.1 Å². The molecule has 1 atom stereocenters. The van der Waals surface area contributed by atoms with E-state index in [4.69, 9.17) is 10.6 Å². The van der Waals surface area contributed by atoms with Crippen LogP contribution in [0.15, 0.2) is 103 Å². The number of anilines is 2. The molecule has 0 bridgehead atoms. The van der Waals surface area contributed by atoms with E-state index >= 15 is 0 Å². The Morgan fingerprint density at radius 1 is 1.00 bits per heavy atom. The quantitative estimate of drug-likeness (QED) is 0.108. The summed E-state index contributed by atoms with van der Waals surface area (Å²) in [6, 6.07) is 29.2. The molecule has 2 aromatic heterocycles. The second-order valence-corrected chi connectivity index (χ2v) is 10.7. The highest BCUT2D eigenvalue weighted by molar-refractivity contribution is 7.19. The molecular weight excluding hydrogens is 518 g/mol. The van der Waals surface area contributed by atoms with Gasteiger partial charge in [0.15, 0.2) is 0 Å². The van der Waals surface area contributed by atoms with Crippen LogP contribution in [-0.2, 0) is 11.2 Å². The molecule has 0 radical (unpaired) electrons. The molecule has 0 spiro atoms. The normalized spacial score (nSPS) is 13.9. The van der Waals surface area contributed by atoms with E-state index in [-0.39, 0.29) is 12.5 Å². The Bertz CT molecular complexity index is 1680. The van der Waals surface area contributed by atoms with E-state index in [1.807, 2.05) is 48.8 Å². The summed E-state index contributed by atoms with van der Waals surface area (Å²) in [5, 5.41) is 5.59. The van der Waals surface area contributed by atoms with Crippen LogP contribution < -0.4 is 16.6 Å². The summed E-state index contributed by atoms with van der Waals surface area (Å²) >= 11 is 1.72. The number of hydrazine groups is 2. The number of thiophene rings is 1. The van der Waals surface area contributed by atoms with E-state index in [0.29, 0.717) is 0 Å². The van der Waals surface area contributed by atoms with Gasteiger partial charge in [0.1, 0.15) is 0 Å². The number of carbonyl (C=O) groups excluding carboxylic acids is 1. The maximum absolute atomic E-state index is 12.1. The number of rotatable bonds is 8. The first-order valence-corrected chi connectivity index (χ1v) is 14.0. The first-order valence-electron chi connectivity index (χ1n) is 13.2. The Morgan fingerprint density at radius 3 is 2.55 bits per heavy atom. The Morgan fingerprint density at radius 2 is 1.75 bits per heavy atom. The molecule has 8 heteroatoms. The zero-order valence-electron chi connectivity index (χ0n) is 22.0. The summed E-state index contributed by atoms with van der Waals surface area (Å²) in [6.45, 7) is 2.00. The first-order chi connectivity index (χ1) is 19.6. The Hall–Kier alpha value is -4.66. The molecule has 3 aromatic carbocycles. The van der Waals surface area contributed by atoms with Crippen molar-refractivity contribution in [2.75, 3.05) is 11.9 Å². The standard InChI is InChI=1S/C32H29N5O2S/c1-2-39-32(38)37(33)36-29-16-23-10-6-7-11-26(23)27(29)17-25-18-28-30(19-34-20-31(28)40-25)35-24-14-12-22(13-15-24)21-8-4-3-5-9-21/h3-16,18-20,27,35-36H,2,17,33H2,1H3. The minimum atomic E-state index is -0.626. The molecule has 0 fully saturated rings. The fourth-order valence-corrected chi connectivity index (χ4v) is 6.15. The van der Waals surface area contributed by atoms with Gasteiger partial charge in [0.05, 0.1) is 23.2 Å². The van der Waals surface area contributed by atoms with Crippen LogP contribution in [0.4, 0.5) is 16.2 Å². The number of hydrogen-bond donors (Lipinski definition) is 3. The number of allylic oxidation sites excluding steroid dienone is 1. The van der Waals surface area contributed by atoms with Crippen LogP contribution in [0.5, 0.6) is 0 Å². The number of ether oxygens (including phenoxy) is 1. The molecule has 5 aromatic rings. The molecule has 1 unspecified atom stereocenters. The summed E-state index contributed by atoms with van der Waals surface area (Å²) in [6.07, 6.45) is 5.94. The Kier molecular flexibility index (Phi) is 7.18. The topological polar surface area (TPSA) is 92.5 Å². The molecular formula is C32H29N5O2S. The maximum atomic E-state index is 12.1. The van der Waals surface area contributed by atoms with Gasteiger partial charge in [-0.2, -0.15) is 5.12 Å². The first kappa shape index (κ1) is 25.6. The molecule has 6 rings (SSSR count). The van der Waals surface area contributed by atoms with Crippen molar-refractivity contribution < 1.29 is 9.53 Å². The van der Waals surface area contributed by atoms with Crippen LogP contribution >= 0.6 is 11.3 Å². The lowest BCUT2D eigenvalue weighted by atomic mass is 9.95. The van der Waals surface area contributed by atoms with Gasteiger partial charge in [-0.15, -0.1) is 11.3 Å². The monoisotopic (exact) mass is 547 g/mol. The number of benzene rings is 3. The number of pyridine rings is 1. The zero-order valence-corrected chi connectivity index (χ0v) is 22.8. The molecule has 7 nitrogen and oxygen atoms in total. The summed E-state index contributed by atoms with van der Waals surface area (Å²) in [5.41, 5.74) is 10.5. The van der Waals surface area contributed by atoms with Gasteiger partial charge in [0.2, 0.25) is 0 Å². The van der Waals surface area contributed by atoms with E-state index in [9.17, 15) is 4.79 Å². The van der Waals surface area contributed by atoms with E-state index < -0.39 is 6.09 Å². The van der Waals surface area contributed by atoms with Gasteiger partial charge in [0, 0.05) is 33.8 Å². The van der Waals surface area contributed by atoms with Crippen molar-refractivity contribution in [3.63, 3.8) is 0 Å². The number of hydrogen-bond acceptors (Lipinski definition) is 7. The predicted octanol–water partition coefficient (Wildman–Crippen LogP) is 7.22. The maximum Gasteiger partial charge on any atom is 0.443 e. The largest absolute Gasteiger partial charge is 0.448 e. The van der Waals surface area contributed by atoms with Gasteiger partial charge in [-0.05, 0) is 59.9 Å². The second-order valence-electron chi connectivity index (χ2n) is 9.55. The third kappa shape index (κ3) is 5.27. The number of nitrogens with one attached hydrogen (secondary N) is 2. The molecule has 0 saturated heterocycles. The average molecular weight is 548 g/mol. The lowest BCUT2D eigenvalue weighted by molar-refractivity contribution is 0.0917. The van der Waals surface area contributed by atoms with Crippen molar-refractivity contribution in [1.29, 1.82) is 0 Å². The third-order valence-corrected chi connectivity index (χ3v) is 8.04. The van der Waals surface area contributed by atoms with Crippen molar-refractivity contribution >= 4 is 45.0 Å². The van der Waals surface area contributed by atoms with Crippen LogP contribution in [0, 0.1) is 0 Å². The second kappa shape index (κ2) is 11.2. The molecule has 1 amide bonds. The van der Waals surface area contributed by atoms with Crippen molar-refractivity contribution in [2.45, 2.75) is 19.3 Å². The summed E-state index contributed by atoms with van der Waals surface area (Å²) in [5.74, 6) is 5.98. The van der Waals surface area contributed by atoms with Gasteiger partial charge in [-0.25, -0.2) is 10.6 Å². The lowest BCUT2D eigenvalue weighted by Gasteiger charge is -2.23. The van der Waals surface area contributed by atoms with Crippen LogP contribution in [0.3, 0.4) is 0 Å². The number of nitrogens with two attached hydrogens (primary N) is 1. The number of amides is 1. The SMILES string of the molecule is CCOC(=O)N(N)NC1=Cc2ccccc2C1Cc1cc2c(Nc3ccc(-c4ccccc4)cc3)cncc2s1. The summed E-state index contributed by atoms with van der Waals surface area (Å²) in [4.78, 5) is 17.8. The molecule has 1 aliphatic carbocycles. The predicted molar refractivity (Wildman–Crippen MR) is 162 cm³/mol. The number of aromatic nitrogens is 1. The molecule has 4 N–H and O–H groups in total. The molecule has 40 heavy (non-hydrogen) atoms. The molecule has 1 aliphatic rings. The van der Waals surface area contributed by atoms with Gasteiger partial charge in [0.25, 0.3) is 0 Å². The Labute approximate surface area is 236 Å². The highest BCUT2D eigenvalue weighted by Gasteiger charge is 2.28. The smallest absolute Gasteiger partial charge is 0.443 e. The van der Waals surface area contributed by atoms with Crippen molar-refractivity contribution in [2.24, 2.45) is 5.84 Å². The highest BCUT2D eigenvalue weighted by atomic mass is 32.1. The number of carbonyl (C=O) groups is 1. The van der Waals surface area contributed by atoms with Crippen LogP contribution in [0.1, 0.15) is 28.8 Å². The fraction of sp³-hybridized carbons (Fsp3) is 0.125. The van der Waals surface area contributed by atoms with Gasteiger partial charge >= 0.3 is 6.09 Å². The summed E-state index contributed by atoms with van der Waals surface area (Å²) in [7, 11) is 0. The van der Waals surface area contributed by atoms with Crippen LogP contribution in [0.2, 0.25) is 0 Å². The van der Waals surface area contributed by atoms with Crippen molar-refractivity contribution in [1.82, 2.24) is 15.5 Å². The van der Waals surface area contributed by atoms with Crippen molar-refractivity contribution in [3.05, 3.63) is 119 Å². The third-order valence-electron chi connectivity index (χ3n) is 6.95. The molecule has 0 saturated carbocycles. The summed E-state index contributed by atoms with van der Waals surface area (Å²) < 4.78 is 6.14. The molecule has 0 aliphatic heterocycles. The number of nitrogens with zero attached hydrogens (tertiary/aromatic N) is 2. The van der Waals surface area contributed by atoms with Crippen LogP contribution in [-0.4, -0.2) is 22.8 Å². The molecule has 2 heterocycles. The van der Waals surface area contributed by atoms with Gasteiger partial charge in [-0.1, -0.05) is 66.7 Å². The van der Waals surface area contributed by atoms with Crippen molar-refractivity contribution in [3.8, 4) is 11.1 Å². The van der Waals surface area contributed by atoms with Crippen LogP contribution in [0.25, 0.3) is 27.3 Å². The minimum Gasteiger partial charge on any atom is -0.448 e. The highest BCUT2D eigenvalue weighted by Crippen LogP contribution is 2.40. The van der Waals surface area contributed by atoms with E-state index in [0.717, 1.165) is 44.3 Å². The molecule has 200 valence electrons. The van der Waals surface area contributed by atoms with Gasteiger partial charge in [-0.3, -0.25) is 10.4 Å². The fourth-order valence-electron chi connectivity index (χ4n) is 5.05. The van der Waals surface area contributed by atoms with E-state index in [2.05, 4.69) is 70.3 Å². The van der Waals surface area contributed by atoms with E-state index in [1.165, 1.54) is 21.6 Å². The lowest BCUT2D eigenvalue weighted by Crippen LogP contribution is -2.48. The Balaban J connectivity index is 1.24. The van der Waals surface area contributed by atoms with E-state index in [1.54, 1.807) is 18.3 Å². The number of fused-ring (bicyclic) bond motifs is 2.